The number of aryl methyl sites for hydroxylation is 3. The van der Waals surface area contributed by atoms with E-state index in [9.17, 15) is 0 Å². The van der Waals surface area contributed by atoms with E-state index in [0.717, 1.165) is 0 Å². The van der Waals surface area contributed by atoms with Gasteiger partial charge in [0.25, 0.3) is 0 Å². The molecular weight excluding hydrogens is 703 g/mol. The SMILES string of the molecule is Cc1cc(N2c3ccccc3C3C=CC=CC32)cc(C)c1-n1c2c(C)cc(-n3c4ccccc4c4ccccc43)cc2c2cc3ccc4cccc5ccc(c3c45)c21. The maximum absolute atomic E-state index is 2.62. The number of hydrogen-bond acceptors (Lipinski definition) is 1. The first-order valence-corrected chi connectivity index (χ1v) is 20.5. The quantitative estimate of drug-likeness (QED) is 0.164. The second-order valence-corrected chi connectivity index (χ2v) is 16.6. The number of para-hydroxylation sites is 3. The van der Waals surface area contributed by atoms with Gasteiger partial charge < -0.3 is 14.0 Å². The Morgan fingerprint density at radius 1 is 0.431 bits per heavy atom. The number of allylic oxidation sites excluding steroid dienone is 2. The summed E-state index contributed by atoms with van der Waals surface area (Å²) in [6, 6.07) is 55.1. The zero-order valence-corrected chi connectivity index (χ0v) is 32.7. The molecule has 274 valence electrons. The highest BCUT2D eigenvalue weighted by atomic mass is 15.2. The third kappa shape index (κ3) is 4.13. The van der Waals surface area contributed by atoms with Gasteiger partial charge in [-0.05, 0) is 118 Å². The van der Waals surface area contributed by atoms with Gasteiger partial charge in [-0.2, -0.15) is 0 Å². The lowest BCUT2D eigenvalue weighted by Crippen LogP contribution is -2.28. The largest absolute Gasteiger partial charge is 0.333 e. The van der Waals surface area contributed by atoms with Crippen LogP contribution in [0.2, 0.25) is 0 Å². The van der Waals surface area contributed by atoms with Crippen LogP contribution in [0.5, 0.6) is 0 Å². The lowest BCUT2D eigenvalue weighted by molar-refractivity contribution is 0.744. The topological polar surface area (TPSA) is 13.1 Å². The van der Waals surface area contributed by atoms with Gasteiger partial charge in [-0.15, -0.1) is 0 Å². The molecule has 58 heavy (non-hydrogen) atoms. The van der Waals surface area contributed by atoms with Crippen molar-refractivity contribution in [1.29, 1.82) is 0 Å². The van der Waals surface area contributed by atoms with Crippen molar-refractivity contribution in [2.45, 2.75) is 32.7 Å². The fraction of sp³-hybridized carbons (Fsp3) is 0.0909. The van der Waals surface area contributed by atoms with Crippen LogP contribution < -0.4 is 4.90 Å². The number of hydrogen-bond donors (Lipinski definition) is 0. The highest BCUT2D eigenvalue weighted by molar-refractivity contribution is 6.32. The maximum atomic E-state index is 2.62. The molecule has 0 amide bonds. The van der Waals surface area contributed by atoms with Crippen LogP contribution in [0.4, 0.5) is 11.4 Å². The van der Waals surface area contributed by atoms with Crippen molar-refractivity contribution >= 4 is 87.3 Å². The Hall–Kier alpha value is -7.10. The molecule has 2 aromatic heterocycles. The van der Waals surface area contributed by atoms with Crippen molar-refractivity contribution in [3.8, 4) is 11.4 Å². The lowest BCUT2D eigenvalue weighted by Gasteiger charge is -2.30. The van der Waals surface area contributed by atoms with Gasteiger partial charge in [0.15, 0.2) is 0 Å². The molecule has 0 bridgehead atoms. The standard InChI is InChI=1S/C55H39N3/c1-32-27-38(56-47-19-8-4-15-40(47)41-16-5-9-20-48(41)56)28-33(2)53(32)58-54-34(3)29-39(57-49-21-10-6-17-42(49)43-18-7-11-22-50(43)57)31-46(54)45-30-37-24-23-35-13-12-14-36-25-26-44(55(45)58)52(37)51(35)36/h4-31,40,47H,1-3H3. The Balaban J connectivity index is 1.13. The molecule has 9 aromatic carbocycles. The van der Waals surface area contributed by atoms with Crippen molar-refractivity contribution in [2.75, 3.05) is 4.90 Å². The summed E-state index contributed by atoms with van der Waals surface area (Å²) < 4.78 is 5.09. The van der Waals surface area contributed by atoms with Gasteiger partial charge in [0.2, 0.25) is 0 Å². The first kappa shape index (κ1) is 32.0. The van der Waals surface area contributed by atoms with E-state index in [2.05, 4.69) is 205 Å². The van der Waals surface area contributed by atoms with Gasteiger partial charge in [-0.1, -0.05) is 121 Å². The van der Waals surface area contributed by atoms with Gasteiger partial charge >= 0.3 is 0 Å². The van der Waals surface area contributed by atoms with E-state index in [0.29, 0.717) is 5.92 Å². The summed E-state index contributed by atoms with van der Waals surface area (Å²) in [5.74, 6) is 0.345. The van der Waals surface area contributed by atoms with E-state index >= 15 is 0 Å². The smallest absolute Gasteiger partial charge is 0.0629 e. The van der Waals surface area contributed by atoms with Crippen LogP contribution in [0.15, 0.2) is 170 Å². The molecule has 0 saturated carbocycles. The normalized spacial score (nSPS) is 16.4. The van der Waals surface area contributed by atoms with E-state index in [4.69, 9.17) is 0 Å². The number of nitrogens with zero attached hydrogens (tertiary/aromatic N) is 3. The van der Waals surface area contributed by atoms with Crippen LogP contribution in [-0.2, 0) is 0 Å². The van der Waals surface area contributed by atoms with Crippen LogP contribution in [0.1, 0.15) is 28.2 Å². The fourth-order valence-corrected chi connectivity index (χ4v) is 11.2. The van der Waals surface area contributed by atoms with Gasteiger partial charge in [0, 0.05) is 49.9 Å². The van der Waals surface area contributed by atoms with E-state index in [1.807, 2.05) is 0 Å². The lowest BCUT2D eigenvalue weighted by atomic mass is 9.91. The van der Waals surface area contributed by atoms with Crippen LogP contribution >= 0.6 is 0 Å². The number of rotatable bonds is 3. The zero-order valence-electron chi connectivity index (χ0n) is 32.7. The molecule has 1 aliphatic heterocycles. The molecule has 13 rings (SSSR count). The Bertz CT molecular complexity index is 3540. The minimum atomic E-state index is 0.255. The summed E-state index contributed by atoms with van der Waals surface area (Å²) in [5.41, 5.74) is 15.2. The van der Waals surface area contributed by atoms with Crippen LogP contribution in [-0.4, -0.2) is 15.2 Å². The molecule has 3 nitrogen and oxygen atoms in total. The fourth-order valence-electron chi connectivity index (χ4n) is 11.2. The van der Waals surface area contributed by atoms with E-state index in [-0.39, 0.29) is 6.04 Å². The summed E-state index contributed by atoms with van der Waals surface area (Å²) in [5, 5.41) is 13.0. The van der Waals surface area contributed by atoms with Crippen LogP contribution in [0, 0.1) is 20.8 Å². The first-order chi connectivity index (χ1) is 28.5. The second-order valence-electron chi connectivity index (χ2n) is 16.6. The summed E-state index contributed by atoms with van der Waals surface area (Å²) in [4.78, 5) is 2.56. The summed E-state index contributed by atoms with van der Waals surface area (Å²) in [6.07, 6.45) is 9.15. The number of benzene rings is 9. The number of fused-ring (bicyclic) bond motifs is 10. The van der Waals surface area contributed by atoms with Gasteiger partial charge in [-0.3, -0.25) is 0 Å². The predicted octanol–water partition coefficient (Wildman–Crippen LogP) is 14.4. The number of anilines is 2. The molecule has 0 radical (unpaired) electrons. The molecule has 2 atom stereocenters. The highest BCUT2D eigenvalue weighted by Crippen LogP contribution is 2.50. The molecule has 11 aromatic rings. The predicted molar refractivity (Wildman–Crippen MR) is 246 cm³/mol. The monoisotopic (exact) mass is 741 g/mol. The molecular formula is C55H39N3. The third-order valence-electron chi connectivity index (χ3n) is 13.4. The molecule has 0 spiro atoms. The van der Waals surface area contributed by atoms with Crippen molar-refractivity contribution in [2.24, 2.45) is 0 Å². The highest BCUT2D eigenvalue weighted by Gasteiger charge is 2.37. The molecule has 3 heteroatoms. The Morgan fingerprint density at radius 3 is 1.84 bits per heavy atom. The summed E-state index contributed by atoms with van der Waals surface area (Å²) in [7, 11) is 0. The minimum Gasteiger partial charge on any atom is -0.333 e. The Kier molecular flexibility index (Phi) is 6.35. The Morgan fingerprint density at radius 2 is 1.07 bits per heavy atom. The Labute approximate surface area is 336 Å². The minimum absolute atomic E-state index is 0.255. The molecule has 0 saturated heterocycles. The van der Waals surface area contributed by atoms with Crippen LogP contribution in [0.3, 0.4) is 0 Å². The zero-order chi connectivity index (χ0) is 38.4. The summed E-state index contributed by atoms with van der Waals surface area (Å²) >= 11 is 0. The first-order valence-electron chi connectivity index (χ1n) is 20.5. The molecule has 0 N–H and O–H groups in total. The maximum Gasteiger partial charge on any atom is 0.0629 e. The average molecular weight is 742 g/mol. The molecule has 2 aliphatic rings. The van der Waals surface area contributed by atoms with E-state index in [1.165, 1.54) is 121 Å². The molecule has 1 aliphatic carbocycles. The van der Waals surface area contributed by atoms with Crippen LogP contribution in [0.25, 0.3) is 87.3 Å². The average Bonchev–Trinajstić information content (AvgIpc) is 3.89. The number of aromatic nitrogens is 2. The molecule has 2 unspecified atom stereocenters. The molecule has 0 fully saturated rings. The van der Waals surface area contributed by atoms with Crippen molar-refractivity contribution in [3.63, 3.8) is 0 Å². The van der Waals surface area contributed by atoms with Gasteiger partial charge in [-0.25, -0.2) is 0 Å². The molecule has 3 heterocycles. The van der Waals surface area contributed by atoms with Crippen molar-refractivity contribution in [3.05, 3.63) is 192 Å². The third-order valence-corrected chi connectivity index (χ3v) is 13.4. The van der Waals surface area contributed by atoms with E-state index < -0.39 is 0 Å². The second kappa shape index (κ2) is 11.5. The van der Waals surface area contributed by atoms with Crippen molar-refractivity contribution in [1.82, 2.24) is 9.13 Å². The van der Waals surface area contributed by atoms with Gasteiger partial charge in [0.05, 0.1) is 33.8 Å². The van der Waals surface area contributed by atoms with E-state index in [1.54, 1.807) is 0 Å². The summed E-state index contributed by atoms with van der Waals surface area (Å²) in [6.45, 7) is 6.95. The van der Waals surface area contributed by atoms with Gasteiger partial charge in [0.1, 0.15) is 0 Å². The van der Waals surface area contributed by atoms with Crippen molar-refractivity contribution < 1.29 is 0 Å².